The van der Waals surface area contributed by atoms with E-state index in [9.17, 15) is 0 Å². The highest BCUT2D eigenvalue weighted by atomic mass is 16.5. The number of aryl methyl sites for hydroxylation is 1. The molecule has 1 N–H and O–H groups in total. The monoisotopic (exact) mass is 265 g/mol. The maximum Gasteiger partial charge on any atom is 0.0892 e. The van der Waals surface area contributed by atoms with E-state index in [0.29, 0.717) is 0 Å². The molecule has 4 nitrogen and oxygen atoms in total. The van der Waals surface area contributed by atoms with Crippen molar-refractivity contribution in [2.75, 3.05) is 13.7 Å². The molecule has 1 heterocycles. The zero-order valence-electron chi connectivity index (χ0n) is 12.6. The van der Waals surface area contributed by atoms with Crippen molar-refractivity contribution in [3.8, 4) is 0 Å². The van der Waals surface area contributed by atoms with Crippen molar-refractivity contribution in [2.24, 2.45) is 13.0 Å². The van der Waals surface area contributed by atoms with Gasteiger partial charge in [-0.2, -0.15) is 5.10 Å². The molecule has 1 fully saturated rings. The first-order valence-corrected chi connectivity index (χ1v) is 7.42. The Morgan fingerprint density at radius 3 is 2.68 bits per heavy atom. The Bertz CT molecular complexity index is 394. The van der Waals surface area contributed by atoms with Crippen LogP contribution in [0.4, 0.5) is 0 Å². The molecule has 1 atom stereocenters. The molecular formula is C15H27N3O. The molecule has 0 aliphatic heterocycles. The van der Waals surface area contributed by atoms with Gasteiger partial charge in [0.05, 0.1) is 17.3 Å². The maximum atomic E-state index is 6.22. The minimum Gasteiger partial charge on any atom is -0.373 e. The highest BCUT2D eigenvalue weighted by Gasteiger charge is 2.43. The van der Waals surface area contributed by atoms with E-state index in [2.05, 4.69) is 30.3 Å². The first kappa shape index (κ1) is 14.5. The van der Waals surface area contributed by atoms with Gasteiger partial charge in [-0.15, -0.1) is 0 Å². The normalized spacial score (nSPS) is 29.4. The summed E-state index contributed by atoms with van der Waals surface area (Å²) in [7, 11) is 3.98. The predicted octanol–water partition coefficient (Wildman–Crippen LogP) is 2.67. The Hall–Kier alpha value is -0.870. The average Bonchev–Trinajstić information content (AvgIpc) is 2.81. The molecule has 1 aromatic rings. The van der Waals surface area contributed by atoms with Gasteiger partial charge in [0.1, 0.15) is 0 Å². The van der Waals surface area contributed by atoms with Crippen LogP contribution >= 0.6 is 0 Å². The highest BCUT2D eigenvalue weighted by molar-refractivity contribution is 5.13. The van der Waals surface area contributed by atoms with Gasteiger partial charge in [0, 0.05) is 19.9 Å². The predicted molar refractivity (Wildman–Crippen MR) is 77.0 cm³/mol. The summed E-state index contributed by atoms with van der Waals surface area (Å²) in [6, 6.07) is 2.28. The van der Waals surface area contributed by atoms with Gasteiger partial charge in [-0.1, -0.05) is 6.92 Å². The molecule has 4 heteroatoms. The van der Waals surface area contributed by atoms with Gasteiger partial charge >= 0.3 is 0 Å². The van der Waals surface area contributed by atoms with Crippen molar-refractivity contribution in [1.82, 2.24) is 15.1 Å². The summed E-state index contributed by atoms with van der Waals surface area (Å²) in [5, 5.41) is 8.02. The molecule has 1 saturated carbocycles. The second kappa shape index (κ2) is 6.06. The largest absolute Gasteiger partial charge is 0.373 e. The van der Waals surface area contributed by atoms with Crippen LogP contribution in [0.3, 0.4) is 0 Å². The lowest BCUT2D eigenvalue weighted by Crippen LogP contribution is -2.47. The van der Waals surface area contributed by atoms with Crippen LogP contribution in [-0.4, -0.2) is 29.0 Å². The summed E-state index contributed by atoms with van der Waals surface area (Å²) < 4.78 is 8.09. The van der Waals surface area contributed by atoms with Crippen molar-refractivity contribution >= 4 is 0 Å². The van der Waals surface area contributed by atoms with Crippen LogP contribution < -0.4 is 5.32 Å². The minimum atomic E-state index is -0.0929. The van der Waals surface area contributed by atoms with Gasteiger partial charge in [0.25, 0.3) is 0 Å². The van der Waals surface area contributed by atoms with Crippen LogP contribution in [0, 0.1) is 5.92 Å². The summed E-state index contributed by atoms with van der Waals surface area (Å²) in [6.45, 7) is 5.19. The smallest absolute Gasteiger partial charge is 0.0892 e. The Balaban J connectivity index is 2.25. The van der Waals surface area contributed by atoms with Crippen LogP contribution in [0.1, 0.15) is 51.3 Å². The lowest BCUT2D eigenvalue weighted by molar-refractivity contribution is -0.0971. The number of aromatic nitrogens is 2. The first-order chi connectivity index (χ1) is 9.11. The summed E-state index contributed by atoms with van der Waals surface area (Å²) in [5.74, 6) is 0.815. The molecule has 0 saturated heterocycles. The second-order valence-electron chi connectivity index (χ2n) is 5.82. The number of nitrogens with zero attached hydrogens (tertiary/aromatic N) is 2. The van der Waals surface area contributed by atoms with E-state index in [1.54, 1.807) is 0 Å². The Morgan fingerprint density at radius 1 is 1.53 bits per heavy atom. The number of hydrogen-bond acceptors (Lipinski definition) is 3. The molecule has 1 aromatic heterocycles. The molecule has 0 aromatic carbocycles. The fourth-order valence-corrected chi connectivity index (χ4v) is 3.32. The first-order valence-electron chi connectivity index (χ1n) is 7.42. The molecule has 1 unspecified atom stereocenters. The molecule has 0 amide bonds. The number of nitrogens with one attached hydrogen (secondary N) is 1. The zero-order valence-corrected chi connectivity index (χ0v) is 12.6. The topological polar surface area (TPSA) is 39.1 Å². The van der Waals surface area contributed by atoms with Crippen LogP contribution in [0.25, 0.3) is 0 Å². The van der Waals surface area contributed by atoms with E-state index in [0.717, 1.165) is 31.1 Å². The van der Waals surface area contributed by atoms with Crippen LogP contribution in [0.2, 0.25) is 0 Å². The Labute approximate surface area is 116 Å². The second-order valence-corrected chi connectivity index (χ2v) is 5.82. The van der Waals surface area contributed by atoms with E-state index < -0.39 is 0 Å². The van der Waals surface area contributed by atoms with Gasteiger partial charge in [0.15, 0.2) is 0 Å². The molecule has 0 spiro atoms. The molecule has 19 heavy (non-hydrogen) atoms. The average molecular weight is 265 g/mol. The van der Waals surface area contributed by atoms with Gasteiger partial charge < -0.3 is 10.1 Å². The standard InChI is InChI=1S/C15H27N3O/c1-5-19-15(9-6-12(2)7-10-15)14(16-3)13-8-11-18(4)17-13/h8,11-12,14,16H,5-7,9-10H2,1-4H3. The number of ether oxygens (including phenoxy) is 1. The van der Waals surface area contributed by atoms with Crippen molar-refractivity contribution in [2.45, 2.75) is 51.2 Å². The van der Waals surface area contributed by atoms with Crippen molar-refractivity contribution < 1.29 is 4.74 Å². The van der Waals surface area contributed by atoms with E-state index in [1.807, 2.05) is 25.0 Å². The summed E-state index contributed by atoms with van der Waals surface area (Å²) in [4.78, 5) is 0. The lowest BCUT2D eigenvalue weighted by Gasteiger charge is -2.44. The summed E-state index contributed by atoms with van der Waals surface area (Å²) in [5.41, 5.74) is 0.998. The molecular weight excluding hydrogens is 238 g/mol. The van der Waals surface area contributed by atoms with Crippen LogP contribution in [0.5, 0.6) is 0 Å². The molecule has 1 aliphatic carbocycles. The van der Waals surface area contributed by atoms with Gasteiger partial charge in [-0.05, 0) is 51.6 Å². The van der Waals surface area contributed by atoms with E-state index in [4.69, 9.17) is 4.74 Å². The maximum absolute atomic E-state index is 6.22. The summed E-state index contributed by atoms with van der Waals surface area (Å²) in [6.07, 6.45) is 6.72. The number of hydrogen-bond donors (Lipinski definition) is 1. The lowest BCUT2D eigenvalue weighted by atomic mass is 9.74. The molecule has 2 rings (SSSR count). The third-order valence-electron chi connectivity index (χ3n) is 4.40. The molecule has 0 radical (unpaired) electrons. The van der Waals surface area contributed by atoms with Gasteiger partial charge in [-0.3, -0.25) is 4.68 Å². The Kier molecular flexibility index (Phi) is 4.63. The van der Waals surface area contributed by atoms with Crippen molar-refractivity contribution in [3.05, 3.63) is 18.0 Å². The van der Waals surface area contributed by atoms with E-state index in [-0.39, 0.29) is 11.6 Å². The van der Waals surface area contributed by atoms with Gasteiger partial charge in [-0.25, -0.2) is 0 Å². The third kappa shape index (κ3) is 3.00. The number of likely N-dealkylation sites (N-methyl/N-ethyl adjacent to an activating group) is 1. The Morgan fingerprint density at radius 2 is 2.21 bits per heavy atom. The van der Waals surface area contributed by atoms with E-state index >= 15 is 0 Å². The SMILES string of the molecule is CCOC1(C(NC)c2ccn(C)n2)CCC(C)CC1. The highest BCUT2D eigenvalue weighted by Crippen LogP contribution is 2.42. The zero-order chi connectivity index (χ0) is 13.9. The fourth-order valence-electron chi connectivity index (χ4n) is 3.32. The van der Waals surface area contributed by atoms with Crippen LogP contribution in [-0.2, 0) is 11.8 Å². The van der Waals surface area contributed by atoms with Crippen molar-refractivity contribution in [3.63, 3.8) is 0 Å². The summed E-state index contributed by atoms with van der Waals surface area (Å²) >= 11 is 0. The number of rotatable bonds is 5. The quantitative estimate of drug-likeness (QED) is 0.889. The van der Waals surface area contributed by atoms with Crippen molar-refractivity contribution in [1.29, 1.82) is 0 Å². The molecule has 108 valence electrons. The van der Waals surface area contributed by atoms with E-state index in [1.165, 1.54) is 12.8 Å². The molecule has 0 bridgehead atoms. The third-order valence-corrected chi connectivity index (χ3v) is 4.40. The van der Waals surface area contributed by atoms with Gasteiger partial charge in [0.2, 0.25) is 0 Å². The fraction of sp³-hybridized carbons (Fsp3) is 0.800. The van der Waals surface area contributed by atoms with Crippen LogP contribution in [0.15, 0.2) is 12.3 Å². The molecule has 1 aliphatic rings. The minimum absolute atomic E-state index is 0.0929.